The van der Waals surface area contributed by atoms with E-state index >= 15 is 0 Å². The van der Waals surface area contributed by atoms with Crippen LogP contribution in [0.1, 0.15) is 16.1 Å². The molecule has 0 bridgehead atoms. The van der Waals surface area contributed by atoms with Gasteiger partial charge in [-0.1, -0.05) is 42.5 Å². The minimum atomic E-state index is 0.0659. The number of H-pyrrole nitrogens is 1. The highest BCUT2D eigenvalue weighted by molar-refractivity contribution is 7.16. The van der Waals surface area contributed by atoms with E-state index < -0.39 is 0 Å². The van der Waals surface area contributed by atoms with Crippen molar-refractivity contribution in [2.24, 2.45) is 0 Å². The monoisotopic (exact) mass is 403 g/mol. The third-order valence-electron chi connectivity index (χ3n) is 5.20. The molecule has 1 N–H and O–H groups in total. The number of hydrogen-bond donors (Lipinski definition) is 1. The molecule has 7 heteroatoms. The topological polar surface area (TPSA) is 65.1 Å². The molecule has 6 nitrogen and oxygen atoms in total. The van der Waals surface area contributed by atoms with E-state index in [1.165, 1.54) is 11.3 Å². The van der Waals surface area contributed by atoms with E-state index in [9.17, 15) is 4.79 Å². The second-order valence-electron chi connectivity index (χ2n) is 7.11. The van der Waals surface area contributed by atoms with E-state index in [0.717, 1.165) is 53.6 Å². The highest BCUT2D eigenvalue weighted by Gasteiger charge is 2.23. The maximum Gasteiger partial charge on any atom is 0.265 e. The maximum atomic E-state index is 13.0. The van der Waals surface area contributed by atoms with Crippen LogP contribution in [-0.2, 0) is 0 Å². The van der Waals surface area contributed by atoms with Crippen molar-refractivity contribution in [1.82, 2.24) is 19.9 Å². The van der Waals surface area contributed by atoms with Gasteiger partial charge in [0.2, 0.25) is 5.95 Å². The Balaban J connectivity index is 1.29. The first-order valence-electron chi connectivity index (χ1n) is 9.78. The third kappa shape index (κ3) is 3.61. The first-order valence-corrected chi connectivity index (χ1v) is 10.6. The fourth-order valence-corrected chi connectivity index (χ4v) is 4.55. The maximum absolute atomic E-state index is 13.0. The van der Waals surface area contributed by atoms with Crippen LogP contribution in [0.25, 0.3) is 21.6 Å². The average molecular weight is 404 g/mol. The number of thiazole rings is 1. The Morgan fingerprint density at radius 2 is 1.79 bits per heavy atom. The fraction of sp³-hybridized carbons (Fsp3) is 0.227. The van der Waals surface area contributed by atoms with Gasteiger partial charge in [0, 0.05) is 31.7 Å². The van der Waals surface area contributed by atoms with E-state index in [0.29, 0.717) is 11.4 Å². The quantitative estimate of drug-likeness (QED) is 0.561. The van der Waals surface area contributed by atoms with Crippen LogP contribution in [-0.4, -0.2) is 51.9 Å². The van der Waals surface area contributed by atoms with Gasteiger partial charge in [0.25, 0.3) is 5.91 Å². The number of para-hydroxylation sites is 2. The molecule has 4 aromatic rings. The smallest absolute Gasteiger partial charge is 0.265 e. The molecule has 2 aromatic heterocycles. The van der Waals surface area contributed by atoms with E-state index in [1.54, 1.807) is 6.20 Å². The number of rotatable bonds is 3. The number of nitrogens with zero attached hydrogens (tertiary/aromatic N) is 4. The van der Waals surface area contributed by atoms with Gasteiger partial charge < -0.3 is 14.8 Å². The van der Waals surface area contributed by atoms with E-state index in [4.69, 9.17) is 4.98 Å². The fourth-order valence-electron chi connectivity index (χ4n) is 3.66. The Morgan fingerprint density at radius 1 is 0.966 bits per heavy atom. The summed E-state index contributed by atoms with van der Waals surface area (Å²) in [6.45, 7) is 3.06. The number of carbonyl (C=O) groups excluding carboxylic acids is 1. The Bertz CT molecular complexity index is 1100. The Morgan fingerprint density at radius 3 is 2.66 bits per heavy atom. The number of amides is 1. The van der Waals surface area contributed by atoms with Crippen molar-refractivity contribution in [1.29, 1.82) is 0 Å². The van der Waals surface area contributed by atoms with Crippen LogP contribution in [0.2, 0.25) is 0 Å². The summed E-state index contributed by atoms with van der Waals surface area (Å²) in [6, 6.07) is 18.0. The van der Waals surface area contributed by atoms with Gasteiger partial charge >= 0.3 is 0 Å². The van der Waals surface area contributed by atoms with E-state index in [2.05, 4.69) is 14.9 Å². The van der Waals surface area contributed by atoms with Crippen molar-refractivity contribution >= 4 is 34.2 Å². The minimum absolute atomic E-state index is 0.0659. The molecular formula is C22H21N5OS. The molecular weight excluding hydrogens is 382 g/mol. The molecule has 0 aliphatic carbocycles. The molecule has 1 amide bonds. The summed E-state index contributed by atoms with van der Waals surface area (Å²) in [7, 11) is 0. The molecule has 29 heavy (non-hydrogen) atoms. The Kier molecular flexibility index (Phi) is 4.73. The van der Waals surface area contributed by atoms with Gasteiger partial charge in [-0.25, -0.2) is 9.97 Å². The second-order valence-corrected chi connectivity index (χ2v) is 8.14. The standard InChI is InChI=1S/C22H21N5OS/c28-21(19-15-23-20(29-19)16-7-2-1-3-8-16)26-11-6-12-27(14-13-26)22-24-17-9-4-5-10-18(17)25-22/h1-5,7-10,15H,6,11-14H2,(H,24,25). The molecule has 1 fully saturated rings. The summed E-state index contributed by atoms with van der Waals surface area (Å²) in [4.78, 5) is 30.5. The zero-order chi connectivity index (χ0) is 19.6. The first-order chi connectivity index (χ1) is 14.3. The van der Waals surface area contributed by atoms with Gasteiger partial charge in [-0.05, 0) is 18.6 Å². The van der Waals surface area contributed by atoms with Gasteiger partial charge in [0.05, 0.1) is 17.2 Å². The van der Waals surface area contributed by atoms with Crippen LogP contribution in [0.4, 0.5) is 5.95 Å². The molecule has 0 spiro atoms. The second kappa shape index (κ2) is 7.67. The number of fused-ring (bicyclic) bond motifs is 1. The van der Waals surface area contributed by atoms with Crippen molar-refractivity contribution in [3.05, 3.63) is 65.7 Å². The summed E-state index contributed by atoms with van der Waals surface area (Å²) in [5.74, 6) is 0.945. The molecule has 146 valence electrons. The van der Waals surface area contributed by atoms with Gasteiger partial charge in [-0.15, -0.1) is 11.3 Å². The van der Waals surface area contributed by atoms with Crippen LogP contribution in [0.3, 0.4) is 0 Å². The Labute approximate surface area is 172 Å². The number of aromatic nitrogens is 3. The lowest BCUT2D eigenvalue weighted by Crippen LogP contribution is -2.35. The molecule has 3 heterocycles. The molecule has 5 rings (SSSR count). The summed E-state index contributed by atoms with van der Waals surface area (Å²) >= 11 is 1.46. The number of hydrogen-bond acceptors (Lipinski definition) is 5. The van der Waals surface area contributed by atoms with E-state index in [1.807, 2.05) is 59.5 Å². The minimum Gasteiger partial charge on any atom is -0.341 e. The number of aromatic amines is 1. The van der Waals surface area contributed by atoms with Crippen LogP contribution in [0, 0.1) is 0 Å². The van der Waals surface area contributed by atoms with Crippen molar-refractivity contribution < 1.29 is 4.79 Å². The summed E-state index contributed by atoms with van der Waals surface area (Å²) in [6.07, 6.45) is 2.62. The van der Waals surface area contributed by atoms with Gasteiger partial charge in [0.1, 0.15) is 9.88 Å². The van der Waals surface area contributed by atoms with Crippen molar-refractivity contribution in [3.63, 3.8) is 0 Å². The van der Waals surface area contributed by atoms with E-state index in [-0.39, 0.29) is 5.91 Å². The molecule has 0 atom stereocenters. The highest BCUT2D eigenvalue weighted by atomic mass is 32.1. The molecule has 0 radical (unpaired) electrons. The predicted octanol–water partition coefficient (Wildman–Crippen LogP) is 4.04. The summed E-state index contributed by atoms with van der Waals surface area (Å²) in [5, 5.41) is 0.882. The molecule has 1 aliphatic heterocycles. The first kappa shape index (κ1) is 17.9. The number of benzene rings is 2. The third-order valence-corrected chi connectivity index (χ3v) is 6.23. The number of imidazole rings is 1. The molecule has 0 unspecified atom stereocenters. The lowest BCUT2D eigenvalue weighted by molar-refractivity contribution is 0.0771. The van der Waals surface area contributed by atoms with Crippen LogP contribution < -0.4 is 4.90 Å². The molecule has 1 aliphatic rings. The molecule has 0 saturated carbocycles. The number of anilines is 1. The summed E-state index contributed by atoms with van der Waals surface area (Å²) < 4.78 is 0. The normalized spacial score (nSPS) is 14.9. The van der Waals surface area contributed by atoms with Crippen molar-refractivity contribution in [2.45, 2.75) is 6.42 Å². The van der Waals surface area contributed by atoms with Gasteiger partial charge in [-0.2, -0.15) is 0 Å². The van der Waals surface area contributed by atoms with Crippen molar-refractivity contribution in [3.8, 4) is 10.6 Å². The van der Waals surface area contributed by atoms with Crippen LogP contribution in [0.15, 0.2) is 60.8 Å². The number of nitrogens with one attached hydrogen (secondary N) is 1. The molecule has 1 saturated heterocycles. The molecule has 2 aromatic carbocycles. The van der Waals surface area contributed by atoms with Gasteiger partial charge in [0.15, 0.2) is 0 Å². The lowest BCUT2D eigenvalue weighted by atomic mass is 10.2. The SMILES string of the molecule is O=C(c1cnc(-c2ccccc2)s1)N1CCCN(c2nc3ccccc3[nH]2)CC1. The predicted molar refractivity (Wildman–Crippen MR) is 116 cm³/mol. The zero-order valence-electron chi connectivity index (χ0n) is 15.9. The highest BCUT2D eigenvalue weighted by Crippen LogP contribution is 2.26. The lowest BCUT2D eigenvalue weighted by Gasteiger charge is -2.21. The van der Waals surface area contributed by atoms with Gasteiger partial charge in [-0.3, -0.25) is 4.79 Å². The number of carbonyl (C=O) groups is 1. The largest absolute Gasteiger partial charge is 0.341 e. The van der Waals surface area contributed by atoms with Crippen molar-refractivity contribution in [2.75, 3.05) is 31.1 Å². The van der Waals surface area contributed by atoms with Crippen LogP contribution >= 0.6 is 11.3 Å². The van der Waals surface area contributed by atoms with Crippen LogP contribution in [0.5, 0.6) is 0 Å². The zero-order valence-corrected chi connectivity index (χ0v) is 16.7. The average Bonchev–Trinajstić information content (AvgIpc) is 3.35. The summed E-state index contributed by atoms with van der Waals surface area (Å²) in [5.41, 5.74) is 3.05. The Hall–Kier alpha value is -3.19.